The summed E-state index contributed by atoms with van der Waals surface area (Å²) in [7, 11) is 0. The van der Waals surface area contributed by atoms with E-state index in [-0.39, 0.29) is 0 Å². The summed E-state index contributed by atoms with van der Waals surface area (Å²) in [6.07, 6.45) is 3.12. The first-order chi connectivity index (χ1) is 7.56. The Kier molecular flexibility index (Phi) is 4.50. The van der Waals surface area contributed by atoms with Crippen LogP contribution in [0.5, 0.6) is 0 Å². The zero-order chi connectivity index (χ0) is 12.1. The van der Waals surface area contributed by atoms with Gasteiger partial charge in [0, 0.05) is 18.8 Å². The summed E-state index contributed by atoms with van der Waals surface area (Å²) < 4.78 is 0. The molecule has 1 atom stereocenters. The van der Waals surface area contributed by atoms with Crippen LogP contribution in [0.2, 0.25) is 0 Å². The van der Waals surface area contributed by atoms with Crippen LogP contribution in [0.25, 0.3) is 0 Å². The van der Waals surface area contributed by atoms with Gasteiger partial charge in [-0.1, -0.05) is 12.1 Å². The highest BCUT2D eigenvalue weighted by Gasteiger charge is 2.10. The number of hydrogen-bond donors (Lipinski definition) is 1. The molecule has 1 N–H and O–H groups in total. The minimum Gasteiger partial charge on any atom is -0.389 e. The van der Waals surface area contributed by atoms with Crippen LogP contribution in [0.3, 0.4) is 0 Å². The van der Waals surface area contributed by atoms with E-state index in [2.05, 4.69) is 30.3 Å². The lowest BCUT2D eigenvalue weighted by molar-refractivity contribution is 0.199. The molecular weight excluding hydrogens is 200 g/mol. The van der Waals surface area contributed by atoms with Gasteiger partial charge in [0.2, 0.25) is 0 Å². The number of aliphatic hydroxyl groups is 1. The Hall–Kier alpha value is -1.35. The normalized spacial score (nSPS) is 12.6. The van der Waals surface area contributed by atoms with E-state index in [1.807, 2.05) is 18.2 Å². The summed E-state index contributed by atoms with van der Waals surface area (Å²) in [6, 6.07) is 4.22. The number of pyridine rings is 1. The van der Waals surface area contributed by atoms with Gasteiger partial charge < -0.3 is 10.0 Å². The van der Waals surface area contributed by atoms with Crippen LogP contribution in [-0.2, 0) is 0 Å². The molecule has 88 valence electrons. The first-order valence-electron chi connectivity index (χ1n) is 5.57. The number of anilines is 1. The Bertz CT molecular complexity index is 330. The molecule has 0 aliphatic rings. The Labute approximate surface area is 97.4 Å². The van der Waals surface area contributed by atoms with Crippen molar-refractivity contribution in [3.8, 4) is 0 Å². The van der Waals surface area contributed by atoms with E-state index < -0.39 is 6.10 Å². The first-order valence-corrected chi connectivity index (χ1v) is 5.57. The van der Waals surface area contributed by atoms with Gasteiger partial charge in [-0.25, -0.2) is 4.98 Å². The molecule has 3 heteroatoms. The summed E-state index contributed by atoms with van der Waals surface area (Å²) in [5.74, 6) is 0.916. The van der Waals surface area contributed by atoms with Gasteiger partial charge in [-0.15, -0.1) is 6.58 Å². The van der Waals surface area contributed by atoms with Gasteiger partial charge in [-0.2, -0.15) is 0 Å². The molecule has 16 heavy (non-hydrogen) atoms. The van der Waals surface area contributed by atoms with Crippen molar-refractivity contribution in [2.24, 2.45) is 0 Å². The zero-order valence-corrected chi connectivity index (χ0v) is 10.2. The Balaban J connectivity index is 2.89. The second kappa shape index (κ2) is 5.66. The molecule has 0 aliphatic carbocycles. The number of nitrogens with zero attached hydrogens (tertiary/aromatic N) is 2. The fraction of sp³-hybridized carbons (Fsp3) is 0.462. The van der Waals surface area contributed by atoms with Crippen molar-refractivity contribution in [2.45, 2.75) is 32.9 Å². The van der Waals surface area contributed by atoms with Gasteiger partial charge in [0.1, 0.15) is 5.82 Å². The smallest absolute Gasteiger partial charge is 0.128 e. The van der Waals surface area contributed by atoms with Crippen molar-refractivity contribution in [3.63, 3.8) is 0 Å². The van der Waals surface area contributed by atoms with E-state index in [0.717, 1.165) is 17.9 Å². The second-order valence-corrected chi connectivity index (χ2v) is 4.16. The summed E-state index contributed by atoms with van der Waals surface area (Å²) >= 11 is 0. The maximum absolute atomic E-state index is 9.40. The van der Waals surface area contributed by atoms with E-state index in [1.165, 1.54) is 0 Å². The topological polar surface area (TPSA) is 36.4 Å². The summed E-state index contributed by atoms with van der Waals surface area (Å²) in [4.78, 5) is 6.51. The third-order valence-corrected chi connectivity index (χ3v) is 2.50. The molecule has 1 aromatic rings. The fourth-order valence-corrected chi connectivity index (χ4v) is 1.52. The van der Waals surface area contributed by atoms with Crippen LogP contribution in [-0.4, -0.2) is 22.7 Å². The van der Waals surface area contributed by atoms with Gasteiger partial charge >= 0.3 is 0 Å². The molecule has 0 fully saturated rings. The maximum Gasteiger partial charge on any atom is 0.128 e. The van der Waals surface area contributed by atoms with Crippen molar-refractivity contribution in [1.82, 2.24) is 4.98 Å². The summed E-state index contributed by atoms with van der Waals surface area (Å²) in [6.45, 7) is 10.5. The third kappa shape index (κ3) is 3.07. The molecule has 0 radical (unpaired) electrons. The van der Waals surface area contributed by atoms with Crippen LogP contribution in [0.15, 0.2) is 31.0 Å². The van der Waals surface area contributed by atoms with Gasteiger partial charge in [-0.05, 0) is 32.4 Å². The van der Waals surface area contributed by atoms with Crippen LogP contribution in [0.1, 0.15) is 32.4 Å². The van der Waals surface area contributed by atoms with Crippen LogP contribution < -0.4 is 4.90 Å². The molecule has 0 bridgehead atoms. The number of hydrogen-bond acceptors (Lipinski definition) is 3. The van der Waals surface area contributed by atoms with Gasteiger partial charge in [0.05, 0.1) is 6.10 Å². The minimum absolute atomic E-state index is 0.378. The van der Waals surface area contributed by atoms with Crippen molar-refractivity contribution >= 4 is 5.82 Å². The Morgan fingerprint density at radius 2 is 2.12 bits per heavy atom. The molecule has 0 saturated heterocycles. The molecular formula is C13H20N2O. The molecule has 1 heterocycles. The van der Waals surface area contributed by atoms with E-state index in [1.54, 1.807) is 13.1 Å². The van der Waals surface area contributed by atoms with Crippen LogP contribution in [0.4, 0.5) is 5.82 Å². The average molecular weight is 220 g/mol. The molecule has 3 nitrogen and oxygen atoms in total. The van der Waals surface area contributed by atoms with E-state index in [4.69, 9.17) is 0 Å². The van der Waals surface area contributed by atoms with Crippen LogP contribution in [0, 0.1) is 0 Å². The van der Waals surface area contributed by atoms with E-state index in [0.29, 0.717) is 6.04 Å². The second-order valence-electron chi connectivity index (χ2n) is 4.16. The molecule has 0 spiro atoms. The van der Waals surface area contributed by atoms with E-state index in [9.17, 15) is 5.11 Å². The monoisotopic (exact) mass is 220 g/mol. The lowest BCUT2D eigenvalue weighted by atomic mass is 10.2. The lowest BCUT2D eigenvalue weighted by Gasteiger charge is -2.26. The highest BCUT2D eigenvalue weighted by Crippen LogP contribution is 2.17. The van der Waals surface area contributed by atoms with Crippen LogP contribution >= 0.6 is 0 Å². The lowest BCUT2D eigenvalue weighted by Crippen LogP contribution is -2.31. The fourth-order valence-electron chi connectivity index (χ4n) is 1.52. The Morgan fingerprint density at radius 3 is 2.50 bits per heavy atom. The summed E-state index contributed by atoms with van der Waals surface area (Å²) in [5.41, 5.74) is 0.839. The van der Waals surface area contributed by atoms with Crippen molar-refractivity contribution in [1.29, 1.82) is 0 Å². The average Bonchev–Trinajstić information content (AvgIpc) is 2.25. The summed E-state index contributed by atoms with van der Waals surface area (Å²) in [5, 5.41) is 9.40. The standard InChI is InChI=1S/C13H20N2O/c1-5-8-15(10(2)3)13-7-6-12(9-14-13)11(4)16/h5-7,9-11,16H,1,8H2,2-4H3. The van der Waals surface area contributed by atoms with Crippen molar-refractivity contribution in [2.75, 3.05) is 11.4 Å². The van der Waals surface area contributed by atoms with Gasteiger partial charge in [-0.3, -0.25) is 0 Å². The van der Waals surface area contributed by atoms with Gasteiger partial charge in [0.15, 0.2) is 0 Å². The zero-order valence-electron chi connectivity index (χ0n) is 10.2. The maximum atomic E-state index is 9.40. The van der Waals surface area contributed by atoms with E-state index >= 15 is 0 Å². The minimum atomic E-state index is -0.464. The van der Waals surface area contributed by atoms with Crippen molar-refractivity contribution < 1.29 is 5.11 Å². The Morgan fingerprint density at radius 1 is 1.44 bits per heavy atom. The molecule has 0 saturated carbocycles. The predicted molar refractivity (Wildman–Crippen MR) is 67.5 cm³/mol. The highest BCUT2D eigenvalue weighted by atomic mass is 16.3. The van der Waals surface area contributed by atoms with Crippen molar-refractivity contribution in [3.05, 3.63) is 36.5 Å². The number of rotatable bonds is 5. The highest BCUT2D eigenvalue weighted by molar-refractivity contribution is 5.41. The molecule has 0 aliphatic heterocycles. The third-order valence-electron chi connectivity index (χ3n) is 2.50. The number of aromatic nitrogens is 1. The molecule has 1 aromatic heterocycles. The van der Waals surface area contributed by atoms with Gasteiger partial charge in [0.25, 0.3) is 0 Å². The SMILES string of the molecule is C=CCN(c1ccc(C(C)O)cn1)C(C)C. The molecule has 1 rings (SSSR count). The number of aliphatic hydroxyl groups excluding tert-OH is 1. The molecule has 0 aromatic carbocycles. The largest absolute Gasteiger partial charge is 0.389 e. The molecule has 0 amide bonds. The molecule has 1 unspecified atom stereocenters. The quantitative estimate of drug-likeness (QED) is 0.775. The first kappa shape index (κ1) is 12.7. The predicted octanol–water partition coefficient (Wildman–Crippen LogP) is 2.54.